The maximum Gasteiger partial charge on any atom is 0.277 e. The topological polar surface area (TPSA) is 75.9 Å². The second kappa shape index (κ2) is 7.97. The maximum absolute atomic E-state index is 12.4. The molecule has 0 bridgehead atoms. The largest absolute Gasteiger partial charge is 0.357 e. The van der Waals surface area contributed by atoms with Crippen molar-refractivity contribution in [2.45, 2.75) is 13.8 Å². The molecule has 0 saturated carbocycles. The highest BCUT2D eigenvalue weighted by atomic mass is 35.5. The summed E-state index contributed by atoms with van der Waals surface area (Å²) in [5.41, 5.74) is 1.45. The van der Waals surface area contributed by atoms with Crippen LogP contribution in [0.4, 0.5) is 11.5 Å². The number of aromatic nitrogens is 4. The smallest absolute Gasteiger partial charge is 0.277 e. The van der Waals surface area contributed by atoms with Crippen LogP contribution in [0.25, 0.3) is 5.69 Å². The van der Waals surface area contributed by atoms with Gasteiger partial charge in [0.2, 0.25) is 0 Å². The Labute approximate surface area is 156 Å². The molecule has 3 aromatic rings. The summed E-state index contributed by atoms with van der Waals surface area (Å²) in [4.78, 5) is 18.9. The molecule has 3 rings (SSSR count). The van der Waals surface area contributed by atoms with Crippen LogP contribution in [0.2, 0.25) is 5.02 Å². The summed E-state index contributed by atoms with van der Waals surface area (Å²) in [7, 11) is 0. The molecule has 1 N–H and O–H groups in total. The predicted octanol–water partition coefficient (Wildman–Crippen LogP) is 3.41. The predicted molar refractivity (Wildman–Crippen MR) is 102 cm³/mol. The van der Waals surface area contributed by atoms with Gasteiger partial charge in [-0.3, -0.25) is 4.79 Å². The highest BCUT2D eigenvalue weighted by Crippen LogP contribution is 2.19. The van der Waals surface area contributed by atoms with Crippen LogP contribution < -0.4 is 10.2 Å². The van der Waals surface area contributed by atoms with Crippen molar-refractivity contribution in [2.75, 3.05) is 23.3 Å². The van der Waals surface area contributed by atoms with Crippen molar-refractivity contribution in [2.24, 2.45) is 0 Å². The van der Waals surface area contributed by atoms with Crippen LogP contribution in [0.5, 0.6) is 0 Å². The van der Waals surface area contributed by atoms with Crippen molar-refractivity contribution in [3.63, 3.8) is 0 Å². The zero-order valence-corrected chi connectivity index (χ0v) is 15.3. The van der Waals surface area contributed by atoms with Gasteiger partial charge in [-0.15, -0.1) is 5.10 Å². The van der Waals surface area contributed by atoms with E-state index in [2.05, 4.69) is 39.4 Å². The van der Waals surface area contributed by atoms with Crippen LogP contribution in [-0.2, 0) is 0 Å². The van der Waals surface area contributed by atoms with Gasteiger partial charge in [-0.25, -0.2) is 9.67 Å². The van der Waals surface area contributed by atoms with E-state index in [4.69, 9.17) is 11.6 Å². The van der Waals surface area contributed by atoms with Crippen molar-refractivity contribution in [3.8, 4) is 5.69 Å². The van der Waals surface area contributed by atoms with Gasteiger partial charge in [-0.2, -0.15) is 0 Å². The summed E-state index contributed by atoms with van der Waals surface area (Å²) in [6.07, 6.45) is 3.16. The fourth-order valence-corrected chi connectivity index (χ4v) is 2.74. The van der Waals surface area contributed by atoms with Crippen molar-refractivity contribution in [1.29, 1.82) is 0 Å². The lowest BCUT2D eigenvalue weighted by atomic mass is 10.3. The van der Waals surface area contributed by atoms with Gasteiger partial charge in [-0.1, -0.05) is 28.9 Å². The molecule has 0 fully saturated rings. The average Bonchev–Trinajstić information content (AvgIpc) is 3.14. The van der Waals surface area contributed by atoms with Gasteiger partial charge in [0.15, 0.2) is 5.69 Å². The number of anilines is 2. The Kier molecular flexibility index (Phi) is 5.48. The van der Waals surface area contributed by atoms with E-state index in [0.717, 1.165) is 18.9 Å². The number of hydrogen-bond acceptors (Lipinski definition) is 5. The number of carbonyl (C=O) groups excluding carboxylic acids is 1. The van der Waals surface area contributed by atoms with Crippen LogP contribution >= 0.6 is 11.6 Å². The van der Waals surface area contributed by atoms with Crippen LogP contribution in [0.15, 0.2) is 48.8 Å². The van der Waals surface area contributed by atoms with Gasteiger partial charge in [0.25, 0.3) is 5.91 Å². The molecule has 1 amide bonds. The lowest BCUT2D eigenvalue weighted by Crippen LogP contribution is -2.22. The van der Waals surface area contributed by atoms with E-state index in [-0.39, 0.29) is 11.6 Å². The molecule has 0 aliphatic heterocycles. The Balaban J connectivity index is 1.72. The average molecular weight is 371 g/mol. The number of halogens is 1. The fraction of sp³-hybridized carbons (Fsp3) is 0.222. The Hall–Kier alpha value is -2.93. The summed E-state index contributed by atoms with van der Waals surface area (Å²) in [5, 5.41) is 11.2. The number of carbonyl (C=O) groups is 1. The minimum Gasteiger partial charge on any atom is -0.357 e. The van der Waals surface area contributed by atoms with Gasteiger partial charge in [0.1, 0.15) is 5.82 Å². The summed E-state index contributed by atoms with van der Waals surface area (Å²) in [6.45, 7) is 5.90. The Morgan fingerprint density at radius 3 is 2.62 bits per heavy atom. The zero-order chi connectivity index (χ0) is 18.5. The standard InChI is InChI=1S/C18H19ClN6O/c1-3-24(4-2)17-10-9-13(11-20-17)21-18(26)15-12-25(23-22-15)16-8-6-5-7-14(16)19/h5-12H,3-4H2,1-2H3,(H,21,26). The number of para-hydroxylation sites is 1. The van der Waals surface area contributed by atoms with Crippen LogP contribution in [0.3, 0.4) is 0 Å². The van der Waals surface area contributed by atoms with Crippen LogP contribution in [0, 0.1) is 0 Å². The molecular formula is C18H19ClN6O. The number of amides is 1. The quantitative estimate of drug-likeness (QED) is 0.719. The first-order chi connectivity index (χ1) is 12.6. The van der Waals surface area contributed by atoms with E-state index < -0.39 is 0 Å². The Morgan fingerprint density at radius 2 is 1.96 bits per heavy atom. The molecule has 0 aliphatic carbocycles. The monoisotopic (exact) mass is 370 g/mol. The fourth-order valence-electron chi connectivity index (χ4n) is 2.51. The molecule has 2 heterocycles. The third-order valence-electron chi connectivity index (χ3n) is 3.92. The van der Waals surface area contributed by atoms with Gasteiger partial charge in [0.05, 0.1) is 28.8 Å². The second-order valence-corrected chi connectivity index (χ2v) is 5.94. The molecule has 1 aromatic carbocycles. The summed E-state index contributed by atoms with van der Waals surface area (Å²) < 4.78 is 1.47. The molecule has 0 unspecified atom stereocenters. The van der Waals surface area contributed by atoms with Gasteiger partial charge < -0.3 is 10.2 Å². The van der Waals surface area contributed by atoms with Crippen molar-refractivity contribution < 1.29 is 4.79 Å². The van der Waals surface area contributed by atoms with Crippen molar-refractivity contribution in [1.82, 2.24) is 20.0 Å². The summed E-state index contributed by atoms with van der Waals surface area (Å²) in [6, 6.07) is 10.9. The van der Waals surface area contributed by atoms with Crippen molar-refractivity contribution in [3.05, 3.63) is 59.5 Å². The Bertz CT molecular complexity index is 889. The lowest BCUT2D eigenvalue weighted by molar-refractivity contribution is 0.102. The highest BCUT2D eigenvalue weighted by Gasteiger charge is 2.13. The number of hydrogen-bond donors (Lipinski definition) is 1. The van der Waals surface area contributed by atoms with Crippen LogP contribution in [-0.4, -0.2) is 39.0 Å². The van der Waals surface area contributed by atoms with E-state index in [0.29, 0.717) is 16.4 Å². The minimum atomic E-state index is -0.360. The van der Waals surface area contributed by atoms with E-state index in [1.54, 1.807) is 18.3 Å². The summed E-state index contributed by atoms with van der Waals surface area (Å²) in [5.74, 6) is 0.512. The molecule has 8 heteroatoms. The molecule has 0 radical (unpaired) electrons. The summed E-state index contributed by atoms with van der Waals surface area (Å²) >= 11 is 6.14. The van der Waals surface area contributed by atoms with Gasteiger partial charge in [0, 0.05) is 13.1 Å². The number of benzene rings is 1. The molecule has 2 aromatic heterocycles. The van der Waals surface area contributed by atoms with Gasteiger partial charge >= 0.3 is 0 Å². The molecule has 0 aliphatic rings. The van der Waals surface area contributed by atoms with E-state index >= 15 is 0 Å². The van der Waals surface area contributed by atoms with Crippen LogP contribution in [0.1, 0.15) is 24.3 Å². The minimum absolute atomic E-state index is 0.192. The first kappa shape index (κ1) is 17.9. The molecule has 0 saturated heterocycles. The molecule has 0 atom stereocenters. The first-order valence-electron chi connectivity index (χ1n) is 8.32. The first-order valence-corrected chi connectivity index (χ1v) is 8.69. The van der Waals surface area contributed by atoms with Crippen molar-refractivity contribution >= 4 is 29.0 Å². The molecule has 0 spiro atoms. The Morgan fingerprint density at radius 1 is 1.19 bits per heavy atom. The number of rotatable bonds is 6. The molecule has 26 heavy (non-hydrogen) atoms. The number of nitrogens with one attached hydrogen (secondary N) is 1. The number of nitrogens with zero attached hydrogens (tertiary/aromatic N) is 5. The third-order valence-corrected chi connectivity index (χ3v) is 4.24. The van der Waals surface area contributed by atoms with E-state index in [1.165, 1.54) is 10.9 Å². The number of pyridine rings is 1. The van der Waals surface area contributed by atoms with E-state index in [1.807, 2.05) is 24.3 Å². The SMILES string of the molecule is CCN(CC)c1ccc(NC(=O)c2cn(-c3ccccc3Cl)nn2)cn1. The lowest BCUT2D eigenvalue weighted by Gasteiger charge is -2.19. The van der Waals surface area contributed by atoms with Gasteiger partial charge in [-0.05, 0) is 38.1 Å². The zero-order valence-electron chi connectivity index (χ0n) is 14.6. The normalized spacial score (nSPS) is 10.6. The maximum atomic E-state index is 12.4. The second-order valence-electron chi connectivity index (χ2n) is 5.53. The van der Waals surface area contributed by atoms with E-state index in [9.17, 15) is 4.79 Å². The molecule has 134 valence electrons. The molecular weight excluding hydrogens is 352 g/mol. The highest BCUT2D eigenvalue weighted by molar-refractivity contribution is 6.32. The third kappa shape index (κ3) is 3.83. The molecule has 7 nitrogen and oxygen atoms in total.